The zero-order chi connectivity index (χ0) is 20.6. The number of benzene rings is 2. The van der Waals surface area contributed by atoms with E-state index in [2.05, 4.69) is 4.72 Å². The lowest BCUT2D eigenvalue weighted by Gasteiger charge is -2.29. The van der Waals surface area contributed by atoms with Gasteiger partial charge in [-0.2, -0.15) is 0 Å². The summed E-state index contributed by atoms with van der Waals surface area (Å²) in [7, 11) is -2.13. The SMILES string of the molecule is CN(C[C@H]1COc2ccccc2O1)C(=O)c1ccc(Cl)c(S(=O)(=O)NC2CC2)c1. The van der Waals surface area contributed by atoms with Crippen molar-refractivity contribution in [3.63, 3.8) is 0 Å². The van der Waals surface area contributed by atoms with E-state index in [9.17, 15) is 13.2 Å². The van der Waals surface area contributed by atoms with Crippen molar-refractivity contribution in [1.29, 1.82) is 0 Å². The number of sulfonamides is 1. The molecule has 0 aromatic heterocycles. The number of rotatable bonds is 6. The quantitative estimate of drug-likeness (QED) is 0.752. The van der Waals surface area contributed by atoms with E-state index in [1.165, 1.54) is 23.1 Å². The van der Waals surface area contributed by atoms with Crippen LogP contribution in [0.5, 0.6) is 11.5 Å². The Balaban J connectivity index is 1.47. The smallest absolute Gasteiger partial charge is 0.253 e. The number of nitrogens with zero attached hydrogens (tertiary/aromatic N) is 1. The Labute approximate surface area is 174 Å². The minimum absolute atomic E-state index is 0.0515. The zero-order valence-corrected chi connectivity index (χ0v) is 17.4. The minimum Gasteiger partial charge on any atom is -0.486 e. The summed E-state index contributed by atoms with van der Waals surface area (Å²) >= 11 is 6.09. The molecule has 0 unspecified atom stereocenters. The maximum absolute atomic E-state index is 12.9. The van der Waals surface area contributed by atoms with Crippen molar-refractivity contribution in [1.82, 2.24) is 9.62 Å². The van der Waals surface area contributed by atoms with E-state index in [-0.39, 0.29) is 40.1 Å². The van der Waals surface area contributed by atoms with Gasteiger partial charge in [-0.05, 0) is 43.2 Å². The van der Waals surface area contributed by atoms with Gasteiger partial charge in [0.1, 0.15) is 11.5 Å². The van der Waals surface area contributed by atoms with Gasteiger partial charge in [0.05, 0.1) is 11.6 Å². The molecule has 1 aliphatic carbocycles. The Morgan fingerprint density at radius 1 is 1.21 bits per heavy atom. The zero-order valence-electron chi connectivity index (χ0n) is 15.8. The van der Waals surface area contributed by atoms with Crippen molar-refractivity contribution in [3.05, 3.63) is 53.1 Å². The summed E-state index contributed by atoms with van der Waals surface area (Å²) in [5.41, 5.74) is 0.241. The van der Waals surface area contributed by atoms with Crippen molar-refractivity contribution in [2.45, 2.75) is 29.9 Å². The molecule has 0 spiro atoms. The van der Waals surface area contributed by atoms with Crippen molar-refractivity contribution >= 4 is 27.5 Å². The predicted molar refractivity (Wildman–Crippen MR) is 108 cm³/mol. The number of para-hydroxylation sites is 2. The van der Waals surface area contributed by atoms with Crippen LogP contribution < -0.4 is 14.2 Å². The third-order valence-corrected chi connectivity index (χ3v) is 6.76. The molecule has 29 heavy (non-hydrogen) atoms. The van der Waals surface area contributed by atoms with Crippen molar-refractivity contribution in [2.75, 3.05) is 20.2 Å². The second kappa shape index (κ2) is 7.85. The normalized spacial score (nSPS) is 18.3. The number of nitrogens with one attached hydrogen (secondary N) is 1. The molecule has 1 N–H and O–H groups in total. The molecule has 154 valence electrons. The van der Waals surface area contributed by atoms with E-state index in [1.807, 2.05) is 24.3 Å². The Kier molecular flexibility index (Phi) is 5.42. The number of carbonyl (C=O) groups is 1. The molecule has 1 fully saturated rings. The molecule has 2 aliphatic rings. The molecular weight excluding hydrogens is 416 g/mol. The Morgan fingerprint density at radius 2 is 1.93 bits per heavy atom. The lowest BCUT2D eigenvalue weighted by molar-refractivity contribution is 0.0521. The average Bonchev–Trinajstić information content (AvgIpc) is 3.51. The molecular formula is C20H21ClN2O5S. The van der Waals surface area contributed by atoms with Gasteiger partial charge < -0.3 is 14.4 Å². The number of likely N-dealkylation sites (N-methyl/N-ethyl adjacent to an activating group) is 1. The summed E-state index contributed by atoms with van der Waals surface area (Å²) < 4.78 is 39.2. The predicted octanol–water partition coefficient (Wildman–Crippen LogP) is 2.69. The summed E-state index contributed by atoms with van der Waals surface area (Å²) in [4.78, 5) is 14.3. The van der Waals surface area contributed by atoms with Gasteiger partial charge in [-0.3, -0.25) is 4.79 Å². The van der Waals surface area contributed by atoms with Gasteiger partial charge in [0, 0.05) is 18.7 Å². The molecule has 1 saturated carbocycles. The second-order valence-corrected chi connectivity index (χ2v) is 9.31. The number of carbonyl (C=O) groups excluding carboxylic acids is 1. The Hall–Kier alpha value is -2.29. The first-order chi connectivity index (χ1) is 13.8. The maximum Gasteiger partial charge on any atom is 0.253 e. The molecule has 9 heteroatoms. The van der Waals surface area contributed by atoms with Crippen LogP contribution in [-0.2, 0) is 10.0 Å². The monoisotopic (exact) mass is 436 g/mol. The molecule has 0 bridgehead atoms. The molecule has 2 aromatic carbocycles. The standard InChI is InChI=1S/C20H21ClN2O5S/c1-23(11-15-12-27-17-4-2-3-5-18(17)28-15)20(24)13-6-9-16(21)19(10-13)29(25,26)22-14-7-8-14/h2-6,9-10,14-15,22H,7-8,11-12H2,1H3/t15-/m0/s1. The van der Waals surface area contributed by atoms with E-state index < -0.39 is 10.0 Å². The third-order valence-electron chi connectivity index (χ3n) is 4.76. The van der Waals surface area contributed by atoms with E-state index in [0.29, 0.717) is 18.1 Å². The molecule has 1 aliphatic heterocycles. The molecule has 1 amide bonds. The maximum atomic E-state index is 12.9. The second-order valence-electron chi connectivity index (χ2n) is 7.22. The van der Waals surface area contributed by atoms with Gasteiger partial charge in [0.15, 0.2) is 17.6 Å². The largest absolute Gasteiger partial charge is 0.486 e. The first kappa shape index (κ1) is 20.0. The van der Waals surface area contributed by atoms with Crippen LogP contribution in [0, 0.1) is 0 Å². The first-order valence-corrected chi connectivity index (χ1v) is 11.2. The molecule has 2 aromatic rings. The van der Waals surface area contributed by atoms with Gasteiger partial charge in [-0.15, -0.1) is 0 Å². The van der Waals surface area contributed by atoms with Crippen LogP contribution >= 0.6 is 11.6 Å². The fourth-order valence-corrected chi connectivity index (χ4v) is 4.92. The van der Waals surface area contributed by atoms with E-state index in [0.717, 1.165) is 12.8 Å². The van der Waals surface area contributed by atoms with E-state index >= 15 is 0 Å². The van der Waals surface area contributed by atoms with Crippen molar-refractivity contribution in [2.24, 2.45) is 0 Å². The van der Waals surface area contributed by atoms with Gasteiger partial charge in [-0.1, -0.05) is 23.7 Å². The van der Waals surface area contributed by atoms with E-state index in [4.69, 9.17) is 21.1 Å². The highest BCUT2D eigenvalue weighted by molar-refractivity contribution is 7.89. The molecule has 0 saturated heterocycles. The van der Waals surface area contributed by atoms with Crippen LogP contribution in [0.4, 0.5) is 0 Å². The number of amides is 1. The van der Waals surface area contributed by atoms with Crippen LogP contribution in [-0.4, -0.2) is 51.6 Å². The average molecular weight is 437 g/mol. The molecule has 0 radical (unpaired) electrons. The highest BCUT2D eigenvalue weighted by Crippen LogP contribution is 2.31. The summed E-state index contributed by atoms with van der Waals surface area (Å²) in [6.45, 7) is 0.610. The Bertz CT molecular complexity index is 1040. The molecule has 4 rings (SSSR count). The molecule has 1 heterocycles. The molecule has 1 atom stereocenters. The highest BCUT2D eigenvalue weighted by Gasteiger charge is 2.30. The topological polar surface area (TPSA) is 84.9 Å². The lowest BCUT2D eigenvalue weighted by atomic mass is 10.2. The summed E-state index contributed by atoms with van der Waals surface area (Å²) in [5, 5.41) is 0.0815. The fraction of sp³-hybridized carbons (Fsp3) is 0.350. The van der Waals surface area contributed by atoms with E-state index in [1.54, 1.807) is 7.05 Å². The van der Waals surface area contributed by atoms with Crippen LogP contribution in [0.2, 0.25) is 5.02 Å². The van der Waals surface area contributed by atoms with Gasteiger partial charge in [0.25, 0.3) is 5.91 Å². The van der Waals surface area contributed by atoms with Gasteiger partial charge >= 0.3 is 0 Å². The van der Waals surface area contributed by atoms with Crippen molar-refractivity contribution in [3.8, 4) is 11.5 Å². The van der Waals surface area contributed by atoms with Crippen LogP contribution in [0.25, 0.3) is 0 Å². The first-order valence-electron chi connectivity index (χ1n) is 9.29. The van der Waals surface area contributed by atoms with Crippen molar-refractivity contribution < 1.29 is 22.7 Å². The summed E-state index contributed by atoms with van der Waals surface area (Å²) in [6, 6.07) is 11.6. The van der Waals surface area contributed by atoms with Gasteiger partial charge in [0.2, 0.25) is 10.0 Å². The fourth-order valence-electron chi connectivity index (χ4n) is 3.09. The third kappa shape index (κ3) is 4.49. The minimum atomic E-state index is -3.77. The summed E-state index contributed by atoms with van der Waals surface area (Å²) in [5.74, 6) is 0.982. The number of halogens is 1. The van der Waals surface area contributed by atoms with Crippen LogP contribution in [0.3, 0.4) is 0 Å². The molecule has 7 nitrogen and oxygen atoms in total. The number of fused-ring (bicyclic) bond motifs is 1. The van der Waals surface area contributed by atoms with Gasteiger partial charge in [-0.25, -0.2) is 13.1 Å². The van der Waals surface area contributed by atoms with Crippen LogP contribution in [0.1, 0.15) is 23.2 Å². The lowest BCUT2D eigenvalue weighted by Crippen LogP contribution is -2.41. The van der Waals surface area contributed by atoms with Crippen LogP contribution in [0.15, 0.2) is 47.4 Å². The summed E-state index contributed by atoms with van der Waals surface area (Å²) in [6.07, 6.45) is 1.29. The number of hydrogen-bond acceptors (Lipinski definition) is 5. The number of hydrogen-bond donors (Lipinski definition) is 1. The Morgan fingerprint density at radius 3 is 2.66 bits per heavy atom. The highest BCUT2D eigenvalue weighted by atomic mass is 35.5. The number of ether oxygens (including phenoxy) is 2.